The van der Waals surface area contributed by atoms with Crippen molar-refractivity contribution in [2.75, 3.05) is 11.5 Å². The van der Waals surface area contributed by atoms with E-state index in [0.717, 1.165) is 17.8 Å². The lowest BCUT2D eigenvalue weighted by atomic mass is 10.3. The average molecular weight is 286 g/mol. The summed E-state index contributed by atoms with van der Waals surface area (Å²) in [6.45, 7) is 0. The number of nitrogens with zero attached hydrogens (tertiary/aromatic N) is 1. The fraction of sp³-hybridized carbons (Fsp3) is 0.375. The van der Waals surface area contributed by atoms with Gasteiger partial charge >= 0.3 is 6.18 Å². The smallest absolute Gasteiger partial charge is 0.237 e. The van der Waals surface area contributed by atoms with Crippen LogP contribution in [0.15, 0.2) is 23.2 Å². The maximum Gasteiger partial charge on any atom is 0.433 e. The summed E-state index contributed by atoms with van der Waals surface area (Å²) in [5, 5.41) is 4.87. The number of pyridine rings is 1. The molecule has 0 fully saturated rings. The third-order valence-corrected chi connectivity index (χ3v) is 3.59. The molecule has 1 rings (SSSR count). The van der Waals surface area contributed by atoms with Gasteiger partial charge in [0.1, 0.15) is 5.69 Å². The standard InChI is InChI=1S/C8H9F3N2O2S2/c9-8(10,11)6-2-1-3-7(13-6)16-4-5-17(12,14)15/h1-3H,4-5H2,(H2,12,14,15). The van der Waals surface area contributed by atoms with Crippen LogP contribution in [0.5, 0.6) is 0 Å². The maximum atomic E-state index is 12.3. The Bertz CT molecular complexity index is 488. The van der Waals surface area contributed by atoms with Gasteiger partial charge < -0.3 is 0 Å². The molecule has 0 radical (unpaired) electrons. The second kappa shape index (κ2) is 5.23. The zero-order valence-electron chi connectivity index (χ0n) is 8.44. The van der Waals surface area contributed by atoms with Gasteiger partial charge in [-0.05, 0) is 12.1 Å². The third kappa shape index (κ3) is 5.37. The van der Waals surface area contributed by atoms with Gasteiger partial charge in [-0.1, -0.05) is 6.07 Å². The van der Waals surface area contributed by atoms with Gasteiger partial charge in [-0.2, -0.15) is 13.2 Å². The molecule has 0 aliphatic heterocycles. The zero-order chi connectivity index (χ0) is 13.1. The molecular weight excluding hydrogens is 277 g/mol. The monoisotopic (exact) mass is 286 g/mol. The minimum absolute atomic E-state index is 0.0626. The van der Waals surface area contributed by atoms with Gasteiger partial charge in [0, 0.05) is 5.75 Å². The van der Waals surface area contributed by atoms with Gasteiger partial charge in [0.05, 0.1) is 10.8 Å². The van der Waals surface area contributed by atoms with Crippen LogP contribution in [0.25, 0.3) is 0 Å². The van der Waals surface area contributed by atoms with E-state index in [1.165, 1.54) is 12.1 Å². The molecule has 9 heteroatoms. The molecule has 0 saturated carbocycles. The summed E-state index contributed by atoms with van der Waals surface area (Å²) in [4.78, 5) is 3.37. The van der Waals surface area contributed by atoms with Crippen LogP contribution in [0, 0.1) is 0 Å². The zero-order valence-corrected chi connectivity index (χ0v) is 10.1. The molecule has 1 aromatic heterocycles. The van der Waals surface area contributed by atoms with E-state index in [2.05, 4.69) is 4.98 Å². The second-order valence-electron chi connectivity index (χ2n) is 3.07. The first kappa shape index (κ1) is 14.3. The topological polar surface area (TPSA) is 73.1 Å². The Morgan fingerprint density at radius 2 is 2.00 bits per heavy atom. The lowest BCUT2D eigenvalue weighted by Gasteiger charge is -2.06. The number of sulfonamides is 1. The summed E-state index contributed by atoms with van der Waals surface area (Å²) >= 11 is 0.907. The van der Waals surface area contributed by atoms with Crippen LogP contribution in [-0.2, 0) is 16.2 Å². The van der Waals surface area contributed by atoms with Gasteiger partial charge in [-0.15, -0.1) is 11.8 Å². The molecule has 0 amide bonds. The molecule has 1 aromatic rings. The summed E-state index contributed by atoms with van der Waals surface area (Å²) in [6.07, 6.45) is -4.50. The number of primary sulfonamides is 1. The van der Waals surface area contributed by atoms with Crippen molar-refractivity contribution in [1.82, 2.24) is 4.98 Å². The number of nitrogens with two attached hydrogens (primary N) is 1. The van der Waals surface area contributed by atoms with Crippen molar-refractivity contribution in [3.63, 3.8) is 0 Å². The van der Waals surface area contributed by atoms with E-state index in [1.54, 1.807) is 0 Å². The third-order valence-electron chi connectivity index (χ3n) is 1.63. The highest BCUT2D eigenvalue weighted by molar-refractivity contribution is 8.00. The first-order chi connectivity index (χ1) is 7.68. The molecule has 0 atom stereocenters. The molecular formula is C8H9F3N2O2S2. The highest BCUT2D eigenvalue weighted by Crippen LogP contribution is 2.29. The largest absolute Gasteiger partial charge is 0.433 e. The normalized spacial score (nSPS) is 12.7. The molecule has 0 aliphatic rings. The first-order valence-electron chi connectivity index (χ1n) is 4.36. The van der Waals surface area contributed by atoms with Crippen LogP contribution in [0.4, 0.5) is 13.2 Å². The number of rotatable bonds is 4. The van der Waals surface area contributed by atoms with Gasteiger partial charge in [-0.25, -0.2) is 18.5 Å². The van der Waals surface area contributed by atoms with E-state index in [-0.39, 0.29) is 16.5 Å². The molecule has 4 nitrogen and oxygen atoms in total. The van der Waals surface area contributed by atoms with Gasteiger partial charge in [0.15, 0.2) is 0 Å². The summed E-state index contributed by atoms with van der Waals surface area (Å²) in [6, 6.07) is 3.45. The molecule has 0 aliphatic carbocycles. The van der Waals surface area contributed by atoms with Crippen molar-refractivity contribution < 1.29 is 21.6 Å². The van der Waals surface area contributed by atoms with Crippen molar-refractivity contribution in [2.24, 2.45) is 5.14 Å². The van der Waals surface area contributed by atoms with E-state index < -0.39 is 21.9 Å². The van der Waals surface area contributed by atoms with Crippen molar-refractivity contribution in [1.29, 1.82) is 0 Å². The Labute approximate surface area is 100 Å². The Kier molecular flexibility index (Phi) is 4.39. The van der Waals surface area contributed by atoms with E-state index in [0.29, 0.717) is 0 Å². The van der Waals surface area contributed by atoms with Crippen LogP contribution in [0.1, 0.15) is 5.69 Å². The lowest BCUT2D eigenvalue weighted by molar-refractivity contribution is -0.141. The highest BCUT2D eigenvalue weighted by Gasteiger charge is 2.32. The van der Waals surface area contributed by atoms with Crippen molar-refractivity contribution in [3.8, 4) is 0 Å². The SMILES string of the molecule is NS(=O)(=O)CCSc1cccc(C(F)(F)F)n1. The van der Waals surface area contributed by atoms with E-state index in [4.69, 9.17) is 5.14 Å². The van der Waals surface area contributed by atoms with E-state index in [9.17, 15) is 21.6 Å². The summed E-state index contributed by atoms with van der Waals surface area (Å²) in [7, 11) is -3.60. The Balaban J connectivity index is 2.67. The predicted molar refractivity (Wildman–Crippen MR) is 57.9 cm³/mol. The molecule has 96 valence electrons. The quantitative estimate of drug-likeness (QED) is 0.851. The number of alkyl halides is 3. The fourth-order valence-electron chi connectivity index (χ4n) is 0.915. The minimum atomic E-state index is -4.50. The van der Waals surface area contributed by atoms with Crippen LogP contribution >= 0.6 is 11.8 Å². The van der Waals surface area contributed by atoms with Crippen LogP contribution in [-0.4, -0.2) is 24.9 Å². The molecule has 0 spiro atoms. The number of aromatic nitrogens is 1. The molecule has 2 N–H and O–H groups in total. The van der Waals surface area contributed by atoms with Crippen LogP contribution in [0.3, 0.4) is 0 Å². The number of halogens is 3. The van der Waals surface area contributed by atoms with Gasteiger partial charge in [-0.3, -0.25) is 0 Å². The van der Waals surface area contributed by atoms with E-state index in [1.807, 2.05) is 0 Å². The Hall–Kier alpha value is -0.800. The first-order valence-corrected chi connectivity index (χ1v) is 7.06. The fourth-order valence-corrected chi connectivity index (χ4v) is 2.72. The number of hydrogen-bond acceptors (Lipinski definition) is 4. The lowest BCUT2D eigenvalue weighted by Crippen LogP contribution is -2.17. The minimum Gasteiger partial charge on any atom is -0.237 e. The molecule has 0 aromatic carbocycles. The number of hydrogen-bond donors (Lipinski definition) is 1. The number of thioether (sulfide) groups is 1. The van der Waals surface area contributed by atoms with Gasteiger partial charge in [0.2, 0.25) is 10.0 Å². The highest BCUT2D eigenvalue weighted by atomic mass is 32.2. The van der Waals surface area contributed by atoms with Crippen LogP contribution in [0.2, 0.25) is 0 Å². The Morgan fingerprint density at radius 1 is 1.35 bits per heavy atom. The van der Waals surface area contributed by atoms with E-state index >= 15 is 0 Å². The molecule has 1 heterocycles. The van der Waals surface area contributed by atoms with Crippen LogP contribution < -0.4 is 5.14 Å². The Morgan fingerprint density at radius 3 is 2.53 bits per heavy atom. The molecule has 0 unspecified atom stereocenters. The van der Waals surface area contributed by atoms with Crippen molar-refractivity contribution in [3.05, 3.63) is 23.9 Å². The average Bonchev–Trinajstić information content (AvgIpc) is 2.15. The predicted octanol–water partition coefficient (Wildman–Crippen LogP) is 1.48. The summed E-state index contributed by atoms with van der Waals surface area (Å²) in [5.74, 6) is -0.247. The second-order valence-corrected chi connectivity index (χ2v) is 5.92. The summed E-state index contributed by atoms with van der Waals surface area (Å²) in [5.41, 5.74) is -1.00. The maximum absolute atomic E-state index is 12.3. The van der Waals surface area contributed by atoms with Crippen molar-refractivity contribution >= 4 is 21.8 Å². The van der Waals surface area contributed by atoms with Gasteiger partial charge in [0.25, 0.3) is 0 Å². The molecule has 17 heavy (non-hydrogen) atoms. The molecule has 0 bridgehead atoms. The van der Waals surface area contributed by atoms with Crippen molar-refractivity contribution in [2.45, 2.75) is 11.2 Å². The summed E-state index contributed by atoms with van der Waals surface area (Å²) < 4.78 is 58.1. The molecule has 0 saturated heterocycles.